The van der Waals surface area contributed by atoms with Gasteiger partial charge in [-0.05, 0) is 38.4 Å². The first-order valence-electron chi connectivity index (χ1n) is 9.33. The number of pyridine rings is 1. The molecule has 4 rings (SSSR count). The van der Waals surface area contributed by atoms with E-state index in [9.17, 15) is 0 Å². The fraction of sp³-hybridized carbons (Fsp3) is 0.421. The van der Waals surface area contributed by atoms with Crippen LogP contribution < -0.4 is 5.32 Å². The molecule has 1 saturated heterocycles. The van der Waals surface area contributed by atoms with Crippen LogP contribution >= 0.6 is 0 Å². The predicted molar refractivity (Wildman–Crippen MR) is 101 cm³/mol. The number of nitrogens with zero attached hydrogens (tertiary/aromatic N) is 6. The van der Waals surface area contributed by atoms with E-state index >= 15 is 0 Å². The van der Waals surface area contributed by atoms with Crippen molar-refractivity contribution in [2.45, 2.75) is 32.2 Å². The first-order chi connectivity index (χ1) is 13.3. The number of piperidine rings is 1. The number of hydrogen-bond acceptors (Lipinski definition) is 8. The van der Waals surface area contributed by atoms with Crippen molar-refractivity contribution < 1.29 is 4.52 Å². The lowest BCUT2D eigenvalue weighted by molar-refractivity contribution is 0.180. The summed E-state index contributed by atoms with van der Waals surface area (Å²) >= 11 is 0. The second-order valence-corrected chi connectivity index (χ2v) is 6.72. The highest BCUT2D eigenvalue weighted by atomic mass is 16.5. The molecule has 0 bridgehead atoms. The van der Waals surface area contributed by atoms with E-state index in [-0.39, 0.29) is 5.92 Å². The zero-order valence-electron chi connectivity index (χ0n) is 15.4. The van der Waals surface area contributed by atoms with Gasteiger partial charge >= 0.3 is 0 Å². The first kappa shape index (κ1) is 17.5. The van der Waals surface area contributed by atoms with E-state index in [1.807, 2.05) is 31.5 Å². The maximum atomic E-state index is 5.55. The lowest BCUT2D eigenvalue weighted by Crippen LogP contribution is -2.34. The highest BCUT2D eigenvalue weighted by Gasteiger charge is 2.26. The molecule has 1 aliphatic rings. The third-order valence-corrected chi connectivity index (χ3v) is 4.66. The molecule has 1 N–H and O–H groups in total. The number of nitrogens with one attached hydrogen (secondary N) is 1. The second-order valence-electron chi connectivity index (χ2n) is 6.72. The van der Waals surface area contributed by atoms with Gasteiger partial charge in [-0.2, -0.15) is 4.98 Å². The van der Waals surface area contributed by atoms with Gasteiger partial charge in [-0.3, -0.25) is 9.88 Å². The normalized spacial score (nSPS) is 17.7. The molecule has 8 heteroatoms. The largest absolute Gasteiger partial charge is 0.355 e. The predicted octanol–water partition coefficient (Wildman–Crippen LogP) is 2.73. The lowest BCUT2D eigenvalue weighted by Gasteiger charge is -2.30. The highest BCUT2D eigenvalue weighted by Crippen LogP contribution is 2.28. The zero-order chi connectivity index (χ0) is 18.5. The fourth-order valence-corrected chi connectivity index (χ4v) is 3.36. The van der Waals surface area contributed by atoms with Crippen LogP contribution in [0.5, 0.6) is 0 Å². The minimum atomic E-state index is 0.249. The summed E-state index contributed by atoms with van der Waals surface area (Å²) in [6, 6.07) is 3.81. The molecule has 27 heavy (non-hydrogen) atoms. The highest BCUT2D eigenvalue weighted by molar-refractivity contribution is 5.51. The Hall–Kier alpha value is -2.87. The van der Waals surface area contributed by atoms with E-state index in [1.165, 1.54) is 0 Å². The van der Waals surface area contributed by atoms with Crippen LogP contribution in [0.2, 0.25) is 0 Å². The van der Waals surface area contributed by atoms with E-state index in [4.69, 9.17) is 4.52 Å². The van der Waals surface area contributed by atoms with Crippen molar-refractivity contribution >= 4 is 5.95 Å². The fourth-order valence-electron chi connectivity index (χ4n) is 3.36. The monoisotopic (exact) mass is 365 g/mol. The molecule has 1 aliphatic heterocycles. The summed E-state index contributed by atoms with van der Waals surface area (Å²) in [5, 5.41) is 7.24. The standard InChI is InChI=1S/C19H23N7O/c1-2-21-19-22-9-14(10-23-19)12-26-8-4-6-16(13-26)18-24-17(25-27-18)15-5-3-7-20-11-15/h3,5,7,9-11,16H,2,4,6,8,12-13H2,1H3,(H,21,22,23)/t16-/m0/s1. The van der Waals surface area contributed by atoms with Crippen molar-refractivity contribution in [3.05, 3.63) is 48.4 Å². The Labute approximate surface area is 158 Å². The van der Waals surface area contributed by atoms with E-state index in [0.29, 0.717) is 17.7 Å². The van der Waals surface area contributed by atoms with Crippen LogP contribution in [-0.4, -0.2) is 49.6 Å². The number of anilines is 1. The molecule has 0 spiro atoms. The van der Waals surface area contributed by atoms with E-state index < -0.39 is 0 Å². The molecule has 0 saturated carbocycles. The molecule has 0 aromatic carbocycles. The Balaban J connectivity index is 1.40. The molecule has 140 valence electrons. The maximum absolute atomic E-state index is 5.55. The van der Waals surface area contributed by atoms with E-state index in [1.54, 1.807) is 12.4 Å². The molecule has 1 atom stereocenters. The van der Waals surface area contributed by atoms with Crippen molar-refractivity contribution in [3.63, 3.8) is 0 Å². The molecule has 0 aliphatic carbocycles. The number of rotatable bonds is 6. The number of hydrogen-bond donors (Lipinski definition) is 1. The number of aromatic nitrogens is 5. The average Bonchev–Trinajstić information content (AvgIpc) is 3.21. The minimum absolute atomic E-state index is 0.249. The SMILES string of the molecule is CCNc1ncc(CN2CCC[C@H](c3nc(-c4cccnc4)no3)C2)cn1. The molecule has 4 heterocycles. The van der Waals surface area contributed by atoms with Gasteiger partial charge in [-0.1, -0.05) is 5.16 Å². The van der Waals surface area contributed by atoms with Crippen LogP contribution in [0.25, 0.3) is 11.4 Å². The van der Waals surface area contributed by atoms with Gasteiger partial charge in [-0.25, -0.2) is 9.97 Å². The Morgan fingerprint density at radius 1 is 1.26 bits per heavy atom. The van der Waals surface area contributed by atoms with Crippen LogP contribution in [0.3, 0.4) is 0 Å². The summed E-state index contributed by atoms with van der Waals surface area (Å²) in [5.74, 6) is 2.23. The van der Waals surface area contributed by atoms with Gasteiger partial charge in [-0.15, -0.1) is 0 Å². The smallest absolute Gasteiger partial charge is 0.231 e. The molecular weight excluding hydrogens is 342 g/mol. The number of likely N-dealkylation sites (tertiary alicyclic amines) is 1. The Kier molecular flexibility index (Phi) is 5.34. The molecular formula is C19H23N7O. The summed E-state index contributed by atoms with van der Waals surface area (Å²) in [6.07, 6.45) is 9.42. The van der Waals surface area contributed by atoms with Gasteiger partial charge in [0.2, 0.25) is 17.7 Å². The van der Waals surface area contributed by atoms with Crippen molar-refractivity contribution in [2.24, 2.45) is 0 Å². The van der Waals surface area contributed by atoms with Crippen molar-refractivity contribution in [2.75, 3.05) is 25.0 Å². The first-order valence-corrected chi connectivity index (χ1v) is 9.33. The molecule has 8 nitrogen and oxygen atoms in total. The van der Waals surface area contributed by atoms with Crippen molar-refractivity contribution in [1.29, 1.82) is 0 Å². The average molecular weight is 365 g/mol. The molecule has 0 amide bonds. The van der Waals surface area contributed by atoms with Gasteiger partial charge in [0.1, 0.15) is 0 Å². The third kappa shape index (κ3) is 4.28. The topological polar surface area (TPSA) is 92.9 Å². The Bertz CT molecular complexity index is 850. The van der Waals surface area contributed by atoms with Crippen LogP contribution in [0, 0.1) is 0 Å². The third-order valence-electron chi connectivity index (χ3n) is 4.66. The zero-order valence-corrected chi connectivity index (χ0v) is 15.4. The van der Waals surface area contributed by atoms with Crippen LogP contribution in [0.4, 0.5) is 5.95 Å². The van der Waals surface area contributed by atoms with Crippen LogP contribution in [0.1, 0.15) is 37.1 Å². The summed E-state index contributed by atoms with van der Waals surface area (Å²) in [5.41, 5.74) is 1.98. The van der Waals surface area contributed by atoms with E-state index in [0.717, 1.165) is 50.1 Å². The molecule has 3 aromatic rings. The van der Waals surface area contributed by atoms with E-state index in [2.05, 4.69) is 35.3 Å². The van der Waals surface area contributed by atoms with Gasteiger partial charge in [0.05, 0.1) is 5.92 Å². The lowest BCUT2D eigenvalue weighted by atomic mass is 9.97. The summed E-state index contributed by atoms with van der Waals surface area (Å²) in [6.45, 7) is 5.62. The van der Waals surface area contributed by atoms with Crippen molar-refractivity contribution in [3.8, 4) is 11.4 Å². The van der Waals surface area contributed by atoms with Gasteiger partial charge in [0, 0.05) is 55.5 Å². The maximum Gasteiger partial charge on any atom is 0.231 e. The van der Waals surface area contributed by atoms with Gasteiger partial charge in [0.25, 0.3) is 0 Å². The minimum Gasteiger partial charge on any atom is -0.355 e. The quantitative estimate of drug-likeness (QED) is 0.713. The molecule has 0 unspecified atom stereocenters. The molecule has 3 aromatic heterocycles. The Morgan fingerprint density at radius 3 is 2.93 bits per heavy atom. The van der Waals surface area contributed by atoms with Crippen LogP contribution in [-0.2, 0) is 6.54 Å². The van der Waals surface area contributed by atoms with Crippen molar-refractivity contribution in [1.82, 2.24) is 30.0 Å². The molecule has 1 fully saturated rings. The summed E-state index contributed by atoms with van der Waals surface area (Å²) in [7, 11) is 0. The summed E-state index contributed by atoms with van der Waals surface area (Å²) in [4.78, 5) is 19.8. The molecule has 0 radical (unpaired) electrons. The Morgan fingerprint density at radius 2 is 2.15 bits per heavy atom. The second kappa shape index (κ2) is 8.22. The van der Waals surface area contributed by atoms with Gasteiger partial charge < -0.3 is 9.84 Å². The van der Waals surface area contributed by atoms with Gasteiger partial charge in [0.15, 0.2) is 0 Å². The summed E-state index contributed by atoms with van der Waals surface area (Å²) < 4.78 is 5.55. The van der Waals surface area contributed by atoms with Crippen LogP contribution in [0.15, 0.2) is 41.4 Å².